The second-order valence-electron chi connectivity index (χ2n) is 5.88. The van der Waals surface area contributed by atoms with Gasteiger partial charge in [0.15, 0.2) is 0 Å². The summed E-state index contributed by atoms with van der Waals surface area (Å²) in [4.78, 5) is 46.7. The normalized spacial score (nSPS) is 13.8. The summed E-state index contributed by atoms with van der Waals surface area (Å²) in [7, 11) is 0. The number of nitrogens with one attached hydrogen (secondary N) is 3. The second-order valence-corrected chi connectivity index (χ2v) is 5.88. The predicted molar refractivity (Wildman–Crippen MR) is 94.0 cm³/mol. The molecule has 1 rings (SSSR count). The van der Waals surface area contributed by atoms with Gasteiger partial charge in [0.25, 0.3) is 0 Å². The first kappa shape index (κ1) is 21.1. The molecule has 0 aliphatic heterocycles. The number of carboxylic acid groups (broad SMARTS) is 1. The molecule has 9 nitrogen and oxygen atoms in total. The molecule has 3 amide bonds. The first-order valence-electron chi connectivity index (χ1n) is 8.10. The highest BCUT2D eigenvalue weighted by molar-refractivity contribution is 5.93. The highest BCUT2D eigenvalue weighted by atomic mass is 16.4. The summed E-state index contributed by atoms with van der Waals surface area (Å²) in [5, 5.41) is 15.8. The number of aliphatic carboxylic acids is 1. The van der Waals surface area contributed by atoms with Crippen LogP contribution in [0.1, 0.15) is 19.4 Å². The van der Waals surface area contributed by atoms with Crippen LogP contribution in [0.2, 0.25) is 0 Å². The van der Waals surface area contributed by atoms with E-state index in [2.05, 4.69) is 16.0 Å². The molecule has 3 atom stereocenters. The Balaban J connectivity index is 2.77. The Morgan fingerprint density at radius 1 is 1.00 bits per heavy atom. The number of carboxylic acids is 1. The Bertz CT molecular complexity index is 648. The average molecular weight is 364 g/mol. The Morgan fingerprint density at radius 3 is 2.15 bits per heavy atom. The van der Waals surface area contributed by atoms with E-state index in [4.69, 9.17) is 10.8 Å². The van der Waals surface area contributed by atoms with Crippen LogP contribution >= 0.6 is 0 Å². The zero-order valence-corrected chi connectivity index (χ0v) is 14.7. The van der Waals surface area contributed by atoms with Gasteiger partial charge in [-0.05, 0) is 19.4 Å². The van der Waals surface area contributed by atoms with Crippen molar-refractivity contribution in [2.75, 3.05) is 6.54 Å². The van der Waals surface area contributed by atoms with Crippen LogP contribution in [-0.4, -0.2) is 53.5 Å². The summed E-state index contributed by atoms with van der Waals surface area (Å²) in [6.45, 7) is 2.37. The molecule has 0 aliphatic carbocycles. The van der Waals surface area contributed by atoms with E-state index < -0.39 is 48.4 Å². The molecule has 0 saturated carbocycles. The smallest absolute Gasteiger partial charge is 0.322 e. The molecule has 26 heavy (non-hydrogen) atoms. The van der Waals surface area contributed by atoms with Gasteiger partial charge >= 0.3 is 5.97 Å². The maximum Gasteiger partial charge on any atom is 0.322 e. The van der Waals surface area contributed by atoms with E-state index in [0.717, 1.165) is 5.56 Å². The first-order chi connectivity index (χ1) is 12.2. The Labute approximate surface area is 151 Å². The quantitative estimate of drug-likeness (QED) is 0.370. The van der Waals surface area contributed by atoms with E-state index in [1.165, 1.54) is 13.8 Å². The maximum atomic E-state index is 12.5. The van der Waals surface area contributed by atoms with Crippen LogP contribution in [0.3, 0.4) is 0 Å². The molecule has 1 aromatic rings. The van der Waals surface area contributed by atoms with Gasteiger partial charge in [0, 0.05) is 6.42 Å². The predicted octanol–water partition coefficient (Wildman–Crippen LogP) is -1.23. The lowest BCUT2D eigenvalue weighted by atomic mass is 10.0. The fraction of sp³-hybridized carbons (Fsp3) is 0.412. The number of hydrogen-bond acceptors (Lipinski definition) is 5. The lowest BCUT2D eigenvalue weighted by Crippen LogP contribution is -2.55. The maximum absolute atomic E-state index is 12.5. The molecule has 3 unspecified atom stereocenters. The van der Waals surface area contributed by atoms with Crippen molar-refractivity contribution >= 4 is 23.7 Å². The summed E-state index contributed by atoms with van der Waals surface area (Å²) in [5.41, 5.74) is 6.35. The fourth-order valence-corrected chi connectivity index (χ4v) is 2.06. The summed E-state index contributed by atoms with van der Waals surface area (Å²) >= 11 is 0. The van der Waals surface area contributed by atoms with Gasteiger partial charge in [-0.1, -0.05) is 30.3 Å². The minimum atomic E-state index is -1.19. The van der Waals surface area contributed by atoms with Gasteiger partial charge in [-0.3, -0.25) is 19.2 Å². The van der Waals surface area contributed by atoms with Gasteiger partial charge in [-0.25, -0.2) is 0 Å². The summed E-state index contributed by atoms with van der Waals surface area (Å²) in [6, 6.07) is 6.37. The van der Waals surface area contributed by atoms with E-state index in [1.54, 1.807) is 24.3 Å². The topological polar surface area (TPSA) is 151 Å². The number of rotatable bonds is 9. The molecule has 0 aliphatic rings. The first-order valence-corrected chi connectivity index (χ1v) is 8.10. The molecule has 0 bridgehead atoms. The average Bonchev–Trinajstić information content (AvgIpc) is 2.59. The lowest BCUT2D eigenvalue weighted by Gasteiger charge is -2.22. The molecule has 6 N–H and O–H groups in total. The van der Waals surface area contributed by atoms with Crippen molar-refractivity contribution < 1.29 is 24.3 Å². The van der Waals surface area contributed by atoms with Crippen molar-refractivity contribution in [3.8, 4) is 0 Å². The van der Waals surface area contributed by atoms with Gasteiger partial charge in [-0.2, -0.15) is 0 Å². The van der Waals surface area contributed by atoms with Crippen molar-refractivity contribution in [3.63, 3.8) is 0 Å². The molecule has 0 aromatic heterocycles. The van der Waals surface area contributed by atoms with Crippen LogP contribution in [0, 0.1) is 0 Å². The van der Waals surface area contributed by atoms with E-state index in [1.807, 2.05) is 6.07 Å². The number of nitrogens with two attached hydrogens (primary N) is 1. The number of hydrogen-bond donors (Lipinski definition) is 5. The Hall–Kier alpha value is -2.94. The van der Waals surface area contributed by atoms with Crippen LogP contribution in [0.4, 0.5) is 0 Å². The molecule has 142 valence electrons. The third-order valence-corrected chi connectivity index (χ3v) is 3.50. The van der Waals surface area contributed by atoms with Gasteiger partial charge in [0.2, 0.25) is 17.7 Å². The Kier molecular flexibility index (Phi) is 8.23. The van der Waals surface area contributed by atoms with E-state index in [9.17, 15) is 19.2 Å². The zero-order valence-electron chi connectivity index (χ0n) is 14.7. The minimum Gasteiger partial charge on any atom is -0.480 e. The molecular formula is C17H24N4O5. The van der Waals surface area contributed by atoms with Gasteiger partial charge < -0.3 is 26.8 Å². The molecule has 0 spiro atoms. The second kappa shape index (κ2) is 10.1. The van der Waals surface area contributed by atoms with Crippen molar-refractivity contribution in [1.82, 2.24) is 16.0 Å². The Morgan fingerprint density at radius 2 is 1.62 bits per heavy atom. The fourth-order valence-electron chi connectivity index (χ4n) is 2.06. The van der Waals surface area contributed by atoms with Crippen LogP contribution < -0.4 is 21.7 Å². The standard InChI is InChI=1S/C17H24N4O5/c1-10(18)15(24)21-13(8-12-6-4-3-5-7-12)17(26)20-11(2)16(25)19-9-14(22)23/h3-7,10-11,13H,8-9,18H2,1-2H3,(H,19,25)(H,20,26)(H,21,24)(H,22,23). The van der Waals surface area contributed by atoms with Crippen molar-refractivity contribution in [3.05, 3.63) is 35.9 Å². The molecule has 0 heterocycles. The monoisotopic (exact) mass is 364 g/mol. The largest absolute Gasteiger partial charge is 0.480 e. The van der Waals surface area contributed by atoms with Crippen LogP contribution in [0.5, 0.6) is 0 Å². The molecule has 0 fully saturated rings. The van der Waals surface area contributed by atoms with Crippen LogP contribution in [-0.2, 0) is 25.6 Å². The zero-order chi connectivity index (χ0) is 19.7. The third-order valence-electron chi connectivity index (χ3n) is 3.50. The highest BCUT2D eigenvalue weighted by Crippen LogP contribution is 2.04. The molecule has 0 saturated heterocycles. The molecular weight excluding hydrogens is 340 g/mol. The van der Waals surface area contributed by atoms with Crippen LogP contribution in [0.25, 0.3) is 0 Å². The number of carbonyl (C=O) groups is 4. The molecule has 0 radical (unpaired) electrons. The number of carbonyl (C=O) groups excluding carboxylic acids is 3. The van der Waals surface area contributed by atoms with E-state index in [-0.39, 0.29) is 6.42 Å². The third kappa shape index (κ3) is 7.31. The van der Waals surface area contributed by atoms with E-state index >= 15 is 0 Å². The minimum absolute atomic E-state index is 0.217. The SMILES string of the molecule is CC(N)C(=O)NC(Cc1ccccc1)C(=O)NC(C)C(=O)NCC(=O)O. The highest BCUT2D eigenvalue weighted by Gasteiger charge is 2.25. The van der Waals surface area contributed by atoms with Gasteiger partial charge in [0.05, 0.1) is 6.04 Å². The van der Waals surface area contributed by atoms with Crippen molar-refractivity contribution in [2.45, 2.75) is 38.4 Å². The summed E-state index contributed by atoms with van der Waals surface area (Å²) in [6.07, 6.45) is 0.217. The van der Waals surface area contributed by atoms with Crippen molar-refractivity contribution in [1.29, 1.82) is 0 Å². The van der Waals surface area contributed by atoms with Gasteiger partial charge in [0.1, 0.15) is 18.6 Å². The van der Waals surface area contributed by atoms with Gasteiger partial charge in [-0.15, -0.1) is 0 Å². The van der Waals surface area contributed by atoms with Crippen LogP contribution in [0.15, 0.2) is 30.3 Å². The lowest BCUT2D eigenvalue weighted by molar-refractivity contribution is -0.138. The van der Waals surface area contributed by atoms with E-state index in [0.29, 0.717) is 0 Å². The van der Waals surface area contributed by atoms with Crippen molar-refractivity contribution in [2.24, 2.45) is 5.73 Å². The summed E-state index contributed by atoms with van der Waals surface area (Å²) < 4.78 is 0. The molecule has 9 heteroatoms. The number of amides is 3. The number of benzene rings is 1. The molecule has 1 aromatic carbocycles. The summed E-state index contributed by atoms with van der Waals surface area (Å²) in [5.74, 6) is -2.90.